The van der Waals surface area contributed by atoms with Gasteiger partial charge in [0.05, 0.1) is 23.7 Å². The van der Waals surface area contributed by atoms with Crippen molar-refractivity contribution in [3.8, 4) is 0 Å². The van der Waals surface area contributed by atoms with Gasteiger partial charge in [-0.2, -0.15) is 5.10 Å². The van der Waals surface area contributed by atoms with E-state index in [1.165, 1.54) is 12.0 Å². The zero-order valence-corrected chi connectivity index (χ0v) is 13.6. The molecule has 1 N–H and O–H groups in total. The molecule has 6 heterocycles. The lowest BCUT2D eigenvalue weighted by Crippen LogP contribution is -2.69. The number of aryl methyl sites for hydroxylation is 1. The van der Waals surface area contributed by atoms with Gasteiger partial charge in [0.25, 0.3) is 0 Å². The van der Waals surface area contributed by atoms with Crippen LogP contribution in [0.25, 0.3) is 11.0 Å². The molecule has 0 aromatic carbocycles. The van der Waals surface area contributed by atoms with Crippen molar-refractivity contribution in [2.45, 2.75) is 32.4 Å². The van der Waals surface area contributed by atoms with E-state index in [1.54, 1.807) is 12.7 Å². The van der Waals surface area contributed by atoms with E-state index in [-0.39, 0.29) is 0 Å². The monoisotopic (exact) mass is 322 g/mol. The van der Waals surface area contributed by atoms with E-state index in [1.807, 2.05) is 13.1 Å². The normalized spacial score (nSPS) is 22.8. The summed E-state index contributed by atoms with van der Waals surface area (Å²) in [7, 11) is 0. The Bertz CT molecular complexity index is 907. The van der Waals surface area contributed by atoms with Gasteiger partial charge < -0.3 is 9.80 Å². The number of fused-ring (bicyclic) bond motifs is 3. The average molecular weight is 322 g/mol. The maximum absolute atomic E-state index is 4.52. The van der Waals surface area contributed by atoms with Crippen molar-refractivity contribution in [3.63, 3.8) is 0 Å². The largest absolute Gasteiger partial charge is 0.352 e. The molecule has 0 spiro atoms. The molecule has 3 aliphatic rings. The molecule has 3 aromatic heterocycles. The van der Waals surface area contributed by atoms with Crippen molar-refractivity contribution in [1.29, 1.82) is 0 Å². The van der Waals surface area contributed by atoms with Crippen LogP contribution in [0.3, 0.4) is 0 Å². The summed E-state index contributed by atoms with van der Waals surface area (Å²) in [6, 6.07) is 0.901. The number of nitrogens with zero attached hydrogens (tertiary/aromatic N) is 7. The lowest BCUT2D eigenvalue weighted by molar-refractivity contribution is 0.288. The molecule has 3 aliphatic heterocycles. The molecule has 2 atom stereocenters. The quantitative estimate of drug-likeness (QED) is 0.759. The predicted octanol–water partition coefficient (Wildman–Crippen LogP) is 1.23. The molecule has 2 bridgehead atoms. The van der Waals surface area contributed by atoms with Crippen LogP contribution in [0.1, 0.15) is 17.7 Å². The molecule has 0 aliphatic carbocycles. The summed E-state index contributed by atoms with van der Waals surface area (Å²) in [5, 5.41) is 8.02. The molecule has 2 unspecified atom stereocenters. The summed E-state index contributed by atoms with van der Waals surface area (Å²) in [6.45, 7) is 6.05. The molecule has 122 valence electrons. The Balaban J connectivity index is 1.45. The van der Waals surface area contributed by atoms with E-state index in [4.69, 9.17) is 0 Å². The standard InChI is InChI=1S/C16H18N8/c1-9-10(2)17-7-19-15(9)23-5-11-3-12(6-23)24(11)16-13-4-21-22-14(13)18-8-20-16/h4,7-8,11-12H,3,5-6H2,1-2H3,(H,18,20,21,22). The number of aromatic amines is 1. The Labute approximate surface area is 139 Å². The van der Waals surface area contributed by atoms with E-state index in [0.717, 1.165) is 41.5 Å². The van der Waals surface area contributed by atoms with Crippen LogP contribution in [0, 0.1) is 13.8 Å². The first kappa shape index (κ1) is 13.6. The molecule has 6 rings (SSSR count). The topological polar surface area (TPSA) is 86.7 Å². The summed E-state index contributed by atoms with van der Waals surface area (Å²) in [6.07, 6.45) is 6.28. The van der Waals surface area contributed by atoms with Crippen LogP contribution in [0.5, 0.6) is 0 Å². The number of anilines is 2. The van der Waals surface area contributed by atoms with Crippen LogP contribution in [0.4, 0.5) is 11.6 Å². The first-order valence-corrected chi connectivity index (χ1v) is 8.18. The minimum atomic E-state index is 0.450. The summed E-state index contributed by atoms with van der Waals surface area (Å²) < 4.78 is 0. The zero-order chi connectivity index (χ0) is 16.3. The van der Waals surface area contributed by atoms with E-state index in [9.17, 15) is 0 Å². The van der Waals surface area contributed by atoms with Crippen molar-refractivity contribution in [2.24, 2.45) is 0 Å². The van der Waals surface area contributed by atoms with Gasteiger partial charge in [-0.05, 0) is 20.3 Å². The number of H-pyrrole nitrogens is 1. The Hall–Kier alpha value is -2.77. The maximum Gasteiger partial charge on any atom is 0.160 e. The fourth-order valence-electron chi connectivity index (χ4n) is 3.93. The number of hydrogen-bond donors (Lipinski definition) is 1. The number of aromatic nitrogens is 6. The summed E-state index contributed by atoms with van der Waals surface area (Å²) in [4.78, 5) is 22.4. The first-order chi connectivity index (χ1) is 11.7. The molecule has 3 aromatic rings. The minimum absolute atomic E-state index is 0.450. The molecule has 8 nitrogen and oxygen atoms in total. The van der Waals surface area contributed by atoms with E-state index >= 15 is 0 Å². The minimum Gasteiger partial charge on any atom is -0.352 e. The summed E-state index contributed by atoms with van der Waals surface area (Å²) in [5.41, 5.74) is 3.01. The Morgan fingerprint density at radius 3 is 2.58 bits per heavy atom. The average Bonchev–Trinajstić information content (AvgIpc) is 3.07. The molecular weight excluding hydrogens is 304 g/mol. The van der Waals surface area contributed by atoms with E-state index in [2.05, 4.69) is 46.9 Å². The van der Waals surface area contributed by atoms with Crippen molar-refractivity contribution in [2.75, 3.05) is 22.9 Å². The lowest BCUT2D eigenvalue weighted by Gasteiger charge is -2.57. The van der Waals surface area contributed by atoms with Crippen molar-refractivity contribution < 1.29 is 0 Å². The van der Waals surface area contributed by atoms with E-state index < -0.39 is 0 Å². The molecule has 0 amide bonds. The van der Waals surface area contributed by atoms with Crippen molar-refractivity contribution >= 4 is 22.7 Å². The Kier molecular flexibility index (Phi) is 2.76. The molecule has 0 saturated carbocycles. The van der Waals surface area contributed by atoms with Crippen LogP contribution in [-0.4, -0.2) is 55.3 Å². The molecule has 8 heteroatoms. The number of rotatable bonds is 2. The van der Waals surface area contributed by atoms with Crippen LogP contribution < -0.4 is 9.80 Å². The fraction of sp³-hybridized carbons (Fsp3) is 0.438. The lowest BCUT2D eigenvalue weighted by atomic mass is 9.87. The third kappa shape index (κ3) is 1.82. The van der Waals surface area contributed by atoms with Gasteiger partial charge in [-0.3, -0.25) is 5.10 Å². The maximum atomic E-state index is 4.52. The zero-order valence-electron chi connectivity index (χ0n) is 13.6. The summed E-state index contributed by atoms with van der Waals surface area (Å²) >= 11 is 0. The second-order valence-corrected chi connectivity index (χ2v) is 6.59. The molecule has 3 fully saturated rings. The van der Waals surface area contributed by atoms with Gasteiger partial charge >= 0.3 is 0 Å². The predicted molar refractivity (Wildman–Crippen MR) is 90.1 cm³/mol. The van der Waals surface area contributed by atoms with Gasteiger partial charge in [-0.1, -0.05) is 0 Å². The third-order valence-electron chi connectivity index (χ3n) is 5.27. The number of hydrogen-bond acceptors (Lipinski definition) is 7. The van der Waals surface area contributed by atoms with Crippen molar-refractivity contribution in [1.82, 2.24) is 30.1 Å². The first-order valence-electron chi connectivity index (χ1n) is 8.18. The Morgan fingerprint density at radius 1 is 1.00 bits per heavy atom. The number of piperazine rings is 1. The van der Waals surface area contributed by atoms with Gasteiger partial charge in [-0.15, -0.1) is 0 Å². The highest BCUT2D eigenvalue weighted by atomic mass is 15.4. The van der Waals surface area contributed by atoms with Crippen LogP contribution >= 0.6 is 0 Å². The fourth-order valence-corrected chi connectivity index (χ4v) is 3.93. The SMILES string of the molecule is Cc1ncnc(N2CC3CC(C2)N3c2ncnc3[nH]ncc23)c1C. The van der Waals surface area contributed by atoms with Gasteiger partial charge in [0.1, 0.15) is 24.3 Å². The number of nitrogens with one attached hydrogen (secondary N) is 1. The third-order valence-corrected chi connectivity index (χ3v) is 5.27. The Morgan fingerprint density at radius 2 is 1.75 bits per heavy atom. The van der Waals surface area contributed by atoms with Crippen LogP contribution in [0.2, 0.25) is 0 Å². The van der Waals surface area contributed by atoms with Gasteiger partial charge in [0.2, 0.25) is 0 Å². The van der Waals surface area contributed by atoms with Gasteiger partial charge in [0.15, 0.2) is 5.65 Å². The summed E-state index contributed by atoms with van der Waals surface area (Å²) in [5.74, 6) is 2.05. The smallest absolute Gasteiger partial charge is 0.160 e. The second kappa shape index (κ2) is 4.86. The van der Waals surface area contributed by atoms with Crippen LogP contribution in [-0.2, 0) is 0 Å². The molecule has 24 heavy (non-hydrogen) atoms. The van der Waals surface area contributed by atoms with Gasteiger partial charge in [-0.25, -0.2) is 19.9 Å². The van der Waals surface area contributed by atoms with Crippen molar-refractivity contribution in [3.05, 3.63) is 30.1 Å². The second-order valence-electron chi connectivity index (χ2n) is 6.59. The molecule has 0 radical (unpaired) electrons. The van der Waals surface area contributed by atoms with E-state index in [0.29, 0.717) is 12.1 Å². The van der Waals surface area contributed by atoms with Crippen LogP contribution in [0.15, 0.2) is 18.9 Å². The molecular formula is C16H18N8. The highest BCUT2D eigenvalue weighted by Crippen LogP contribution is 2.39. The highest BCUT2D eigenvalue weighted by molar-refractivity contribution is 5.87. The van der Waals surface area contributed by atoms with Gasteiger partial charge in [0, 0.05) is 24.3 Å². The molecule has 3 saturated heterocycles. The highest BCUT2D eigenvalue weighted by Gasteiger charge is 2.46. The number of piperidine rings is 1.